The number of piperidine rings is 1. The summed E-state index contributed by atoms with van der Waals surface area (Å²) >= 11 is 0. The molecular weight excluding hydrogens is 384 g/mol. The predicted molar refractivity (Wildman–Crippen MR) is 115 cm³/mol. The molecule has 1 aromatic rings. The first kappa shape index (κ1) is 21.7. The Morgan fingerprint density at radius 2 is 2.00 bits per heavy atom. The number of allylic oxidation sites excluding steroid dienone is 1. The van der Waals surface area contributed by atoms with E-state index in [1.807, 2.05) is 26.8 Å². The fourth-order valence-corrected chi connectivity index (χ4v) is 3.70. The number of nitrogens with one attached hydrogen (secondary N) is 3. The Balaban J connectivity index is 1.69. The highest BCUT2D eigenvalue weighted by Gasteiger charge is 2.44. The third-order valence-corrected chi connectivity index (χ3v) is 5.21. The number of benzene rings is 1. The van der Waals surface area contributed by atoms with Crippen LogP contribution in [0.4, 0.5) is 10.5 Å². The summed E-state index contributed by atoms with van der Waals surface area (Å²) in [6.07, 6.45) is 3.91. The Hall–Kier alpha value is -3.03. The molecule has 2 heterocycles. The second-order valence-corrected chi connectivity index (χ2v) is 8.69. The summed E-state index contributed by atoms with van der Waals surface area (Å²) in [6, 6.07) is 5.42. The molecule has 0 bridgehead atoms. The number of likely N-dealkylation sites (tertiary alicyclic amines) is 1. The second-order valence-electron chi connectivity index (χ2n) is 8.69. The van der Waals surface area contributed by atoms with Crippen LogP contribution < -0.4 is 15.4 Å². The van der Waals surface area contributed by atoms with Gasteiger partial charge < -0.3 is 30.4 Å². The zero-order chi connectivity index (χ0) is 21.9. The van der Waals surface area contributed by atoms with E-state index >= 15 is 0 Å². The molecule has 0 atom stereocenters. The van der Waals surface area contributed by atoms with Gasteiger partial charge in [0.25, 0.3) is 0 Å². The highest BCUT2D eigenvalue weighted by Crippen LogP contribution is 2.40. The van der Waals surface area contributed by atoms with Crippen molar-refractivity contribution in [2.75, 3.05) is 25.5 Å². The number of fused-ring (bicyclic) bond motifs is 1. The third kappa shape index (κ3) is 4.93. The SMILES string of the molecule is CN/C(=C\C=N)Nc1ccc2c(c1)C(=O)CC1(CCN(C(=O)OC(C)(C)C)CC1)O2. The quantitative estimate of drug-likeness (QED) is 0.651. The van der Waals surface area contributed by atoms with Gasteiger partial charge in [-0.15, -0.1) is 0 Å². The van der Waals surface area contributed by atoms with Gasteiger partial charge in [0.15, 0.2) is 5.78 Å². The van der Waals surface area contributed by atoms with Crippen molar-refractivity contribution in [3.8, 4) is 5.75 Å². The van der Waals surface area contributed by atoms with Gasteiger partial charge in [0.1, 0.15) is 22.8 Å². The van der Waals surface area contributed by atoms with Gasteiger partial charge in [0.05, 0.1) is 12.0 Å². The number of carbonyl (C=O) groups excluding carboxylic acids is 2. The summed E-state index contributed by atoms with van der Waals surface area (Å²) in [7, 11) is 1.75. The van der Waals surface area contributed by atoms with E-state index in [1.165, 1.54) is 6.21 Å². The molecule has 1 fully saturated rings. The standard InChI is InChI=1S/C22H30N4O4/c1-21(2,3)30-20(28)26-11-8-22(9-12-26)14-17(27)16-13-15(5-6-18(16)29-22)25-19(24-4)7-10-23/h5-7,10,13,23-25H,8-9,11-12,14H2,1-4H3/b19-7+,23-10?. The monoisotopic (exact) mass is 414 g/mol. The average molecular weight is 415 g/mol. The molecule has 8 heteroatoms. The molecule has 3 rings (SSSR count). The Kier molecular flexibility index (Phi) is 6.05. The van der Waals surface area contributed by atoms with Crippen molar-refractivity contribution < 1.29 is 19.1 Å². The van der Waals surface area contributed by atoms with Gasteiger partial charge in [-0.25, -0.2) is 4.79 Å². The normalized spacial score (nSPS) is 18.3. The van der Waals surface area contributed by atoms with Crippen LogP contribution in [0, 0.1) is 5.41 Å². The number of Topliss-reactive ketones (excluding diaryl/α,β-unsaturated/α-hetero) is 1. The van der Waals surface area contributed by atoms with Crippen LogP contribution in [0.25, 0.3) is 0 Å². The lowest BCUT2D eigenvalue weighted by Gasteiger charge is -2.44. The summed E-state index contributed by atoms with van der Waals surface area (Å²) in [5.41, 5.74) is 0.178. The van der Waals surface area contributed by atoms with E-state index in [1.54, 1.807) is 30.2 Å². The van der Waals surface area contributed by atoms with Gasteiger partial charge in [-0.3, -0.25) is 4.79 Å². The molecular formula is C22H30N4O4. The summed E-state index contributed by atoms with van der Waals surface area (Å²) in [4.78, 5) is 26.9. The molecule has 0 aliphatic carbocycles. The first-order valence-corrected chi connectivity index (χ1v) is 10.1. The van der Waals surface area contributed by atoms with Gasteiger partial charge >= 0.3 is 6.09 Å². The number of amides is 1. The van der Waals surface area contributed by atoms with Gasteiger partial charge in [-0.05, 0) is 45.0 Å². The van der Waals surface area contributed by atoms with Gasteiger partial charge in [0, 0.05) is 44.9 Å². The summed E-state index contributed by atoms with van der Waals surface area (Å²) in [6.45, 7) is 6.54. The summed E-state index contributed by atoms with van der Waals surface area (Å²) < 4.78 is 11.8. The second kappa shape index (κ2) is 8.38. The minimum absolute atomic E-state index is 0.0349. The van der Waals surface area contributed by atoms with Crippen LogP contribution in [0.2, 0.25) is 0 Å². The molecule has 0 unspecified atom stereocenters. The largest absolute Gasteiger partial charge is 0.486 e. The van der Waals surface area contributed by atoms with E-state index < -0.39 is 11.2 Å². The van der Waals surface area contributed by atoms with Crippen molar-refractivity contribution in [2.45, 2.75) is 51.2 Å². The van der Waals surface area contributed by atoms with Crippen molar-refractivity contribution in [3.63, 3.8) is 0 Å². The third-order valence-electron chi connectivity index (χ3n) is 5.21. The number of anilines is 1. The van der Waals surface area contributed by atoms with Crippen LogP contribution in [0.5, 0.6) is 5.75 Å². The van der Waals surface area contributed by atoms with Gasteiger partial charge in [-0.1, -0.05) is 0 Å². The van der Waals surface area contributed by atoms with Crippen LogP contribution in [0.1, 0.15) is 50.4 Å². The van der Waals surface area contributed by atoms with Gasteiger partial charge in [-0.2, -0.15) is 0 Å². The van der Waals surface area contributed by atoms with E-state index in [2.05, 4.69) is 10.6 Å². The van der Waals surface area contributed by atoms with Crippen molar-refractivity contribution in [3.05, 3.63) is 35.7 Å². The molecule has 162 valence electrons. The maximum absolute atomic E-state index is 12.9. The van der Waals surface area contributed by atoms with Crippen LogP contribution in [0.3, 0.4) is 0 Å². The highest BCUT2D eigenvalue weighted by molar-refractivity contribution is 6.01. The summed E-state index contributed by atoms with van der Waals surface area (Å²) in [5, 5.41) is 13.3. The number of hydrogen-bond acceptors (Lipinski definition) is 7. The average Bonchev–Trinajstić information content (AvgIpc) is 2.67. The predicted octanol–water partition coefficient (Wildman–Crippen LogP) is 3.54. The van der Waals surface area contributed by atoms with Crippen molar-refractivity contribution >= 4 is 23.8 Å². The van der Waals surface area contributed by atoms with Crippen LogP contribution >= 0.6 is 0 Å². The minimum Gasteiger partial charge on any atom is -0.486 e. The zero-order valence-electron chi connectivity index (χ0n) is 18.0. The van der Waals surface area contributed by atoms with Gasteiger partial charge in [0.2, 0.25) is 0 Å². The van der Waals surface area contributed by atoms with E-state index in [9.17, 15) is 9.59 Å². The lowest BCUT2D eigenvalue weighted by Crippen LogP contribution is -2.52. The lowest BCUT2D eigenvalue weighted by molar-refractivity contribution is -0.0226. The molecule has 2 aliphatic heterocycles. The fraction of sp³-hybridized carbons (Fsp3) is 0.500. The molecule has 1 spiro atoms. The first-order valence-electron chi connectivity index (χ1n) is 10.1. The van der Waals surface area contributed by atoms with E-state index in [0.29, 0.717) is 49.5 Å². The Bertz CT molecular complexity index is 864. The molecule has 1 saturated heterocycles. The number of ether oxygens (including phenoxy) is 2. The van der Waals surface area contributed by atoms with Crippen LogP contribution in [-0.2, 0) is 4.74 Å². The molecule has 0 aromatic heterocycles. The molecule has 2 aliphatic rings. The number of rotatable bonds is 4. The Morgan fingerprint density at radius 1 is 1.30 bits per heavy atom. The number of hydrogen-bond donors (Lipinski definition) is 3. The molecule has 1 amide bonds. The molecule has 1 aromatic carbocycles. The molecule has 30 heavy (non-hydrogen) atoms. The topological polar surface area (TPSA) is 104 Å². The van der Waals surface area contributed by atoms with Crippen molar-refractivity contribution in [1.82, 2.24) is 10.2 Å². The van der Waals surface area contributed by atoms with Crippen LogP contribution in [-0.4, -0.2) is 54.3 Å². The molecule has 3 N–H and O–H groups in total. The highest BCUT2D eigenvalue weighted by atomic mass is 16.6. The van der Waals surface area contributed by atoms with Crippen LogP contribution in [0.15, 0.2) is 30.1 Å². The smallest absolute Gasteiger partial charge is 0.410 e. The van der Waals surface area contributed by atoms with E-state index in [-0.39, 0.29) is 11.9 Å². The summed E-state index contributed by atoms with van der Waals surface area (Å²) in [5.74, 6) is 1.26. The maximum Gasteiger partial charge on any atom is 0.410 e. The van der Waals surface area contributed by atoms with Crippen molar-refractivity contribution in [2.24, 2.45) is 0 Å². The van der Waals surface area contributed by atoms with E-state index in [4.69, 9.17) is 14.9 Å². The Labute approximate surface area is 177 Å². The fourth-order valence-electron chi connectivity index (χ4n) is 3.70. The zero-order valence-corrected chi connectivity index (χ0v) is 18.0. The number of carbonyl (C=O) groups is 2. The molecule has 0 saturated carbocycles. The first-order chi connectivity index (χ1) is 14.1. The molecule has 0 radical (unpaired) electrons. The maximum atomic E-state index is 12.9. The number of ketones is 1. The minimum atomic E-state index is -0.576. The number of nitrogens with zero attached hydrogens (tertiary/aromatic N) is 1. The Morgan fingerprint density at radius 3 is 2.60 bits per heavy atom. The van der Waals surface area contributed by atoms with E-state index in [0.717, 1.165) is 5.69 Å². The molecule has 8 nitrogen and oxygen atoms in total. The van der Waals surface area contributed by atoms with Crippen molar-refractivity contribution in [1.29, 1.82) is 5.41 Å². The lowest BCUT2D eigenvalue weighted by atomic mass is 9.82.